The second-order valence-corrected chi connectivity index (χ2v) is 14.2. The molecule has 0 saturated carbocycles. The molecule has 0 unspecified atom stereocenters. The SMILES string of the molecule is C[Si](C)(O)CCCNC(=O)CCC(=O)c1ccc([I+]c2ccccc2)cc1. The van der Waals surface area contributed by atoms with Crippen LogP contribution in [-0.2, 0) is 4.79 Å². The molecule has 0 atom stereocenters. The van der Waals surface area contributed by atoms with Gasteiger partial charge in [-0.2, -0.15) is 0 Å². The lowest BCUT2D eigenvalue weighted by atomic mass is 10.1. The number of carbonyl (C=O) groups excluding carboxylic acids is 2. The number of hydrogen-bond donors (Lipinski definition) is 2. The summed E-state index contributed by atoms with van der Waals surface area (Å²) >= 11 is -0.231. The summed E-state index contributed by atoms with van der Waals surface area (Å²) in [5.74, 6) is -0.106. The maximum absolute atomic E-state index is 12.3. The average Bonchev–Trinajstić information content (AvgIpc) is 2.64. The van der Waals surface area contributed by atoms with Gasteiger partial charge in [0.05, 0.1) is 0 Å². The predicted octanol–water partition coefficient (Wildman–Crippen LogP) is 0.482. The van der Waals surface area contributed by atoms with Crippen LogP contribution in [-0.4, -0.2) is 31.3 Å². The summed E-state index contributed by atoms with van der Waals surface area (Å²) in [6.07, 6.45) is 1.21. The van der Waals surface area contributed by atoms with Crippen molar-refractivity contribution < 1.29 is 35.6 Å². The average molecular weight is 496 g/mol. The quantitative estimate of drug-likeness (QED) is 0.218. The first kappa shape index (κ1) is 21.8. The zero-order valence-electron chi connectivity index (χ0n) is 15.9. The minimum Gasteiger partial charge on any atom is -0.432 e. The zero-order valence-corrected chi connectivity index (χ0v) is 19.0. The monoisotopic (exact) mass is 496 g/mol. The van der Waals surface area contributed by atoms with E-state index in [0.29, 0.717) is 12.1 Å². The summed E-state index contributed by atoms with van der Waals surface area (Å²) in [5, 5.41) is 2.82. The van der Waals surface area contributed by atoms with Crippen LogP contribution in [0.2, 0.25) is 19.1 Å². The molecule has 0 aromatic heterocycles. The zero-order chi connectivity index (χ0) is 19.7. The number of benzene rings is 2. The van der Waals surface area contributed by atoms with Gasteiger partial charge in [-0.05, 0) is 62.0 Å². The minimum absolute atomic E-state index is 0.00138. The summed E-state index contributed by atoms with van der Waals surface area (Å²) < 4.78 is 2.61. The van der Waals surface area contributed by atoms with Crippen LogP contribution in [0.5, 0.6) is 0 Å². The summed E-state index contributed by atoms with van der Waals surface area (Å²) in [5.41, 5.74) is 0.664. The van der Waals surface area contributed by atoms with E-state index < -0.39 is 8.32 Å². The van der Waals surface area contributed by atoms with E-state index in [1.54, 1.807) is 0 Å². The molecule has 0 bridgehead atoms. The third-order valence-corrected chi connectivity index (χ3v) is 8.25. The molecule has 6 heteroatoms. The maximum atomic E-state index is 12.3. The van der Waals surface area contributed by atoms with Crippen molar-refractivity contribution >= 4 is 20.0 Å². The Morgan fingerprint density at radius 3 is 2.22 bits per heavy atom. The molecule has 0 spiro atoms. The van der Waals surface area contributed by atoms with Gasteiger partial charge in [-0.3, -0.25) is 9.59 Å². The first-order valence-corrected chi connectivity index (χ1v) is 14.5. The Hall–Kier alpha value is -1.51. The minimum atomic E-state index is -2.04. The third kappa shape index (κ3) is 8.81. The predicted molar refractivity (Wildman–Crippen MR) is 106 cm³/mol. The summed E-state index contributed by atoms with van der Waals surface area (Å²) in [6.45, 7) is 4.34. The van der Waals surface area contributed by atoms with Gasteiger partial charge < -0.3 is 10.1 Å². The van der Waals surface area contributed by atoms with E-state index in [2.05, 4.69) is 17.4 Å². The van der Waals surface area contributed by atoms with E-state index in [-0.39, 0.29) is 45.7 Å². The van der Waals surface area contributed by atoms with Crippen molar-refractivity contribution in [2.24, 2.45) is 0 Å². The molecule has 0 aliphatic rings. The Balaban J connectivity index is 1.73. The molecular weight excluding hydrogens is 469 g/mol. The molecule has 2 aromatic rings. The molecular formula is C21H27INO3Si+. The van der Waals surface area contributed by atoms with Gasteiger partial charge in [-0.1, -0.05) is 18.2 Å². The van der Waals surface area contributed by atoms with Crippen LogP contribution in [0.15, 0.2) is 54.6 Å². The number of nitrogens with one attached hydrogen (secondary N) is 1. The molecule has 0 fully saturated rings. The number of carbonyl (C=O) groups is 2. The summed E-state index contributed by atoms with van der Waals surface area (Å²) in [4.78, 5) is 33.9. The molecule has 2 rings (SSSR count). The van der Waals surface area contributed by atoms with Crippen LogP contribution >= 0.6 is 0 Å². The first-order valence-electron chi connectivity index (χ1n) is 9.16. The number of ketones is 1. The molecule has 2 N–H and O–H groups in total. The smallest absolute Gasteiger partial charge is 0.357 e. The van der Waals surface area contributed by atoms with Crippen LogP contribution < -0.4 is 26.5 Å². The van der Waals surface area contributed by atoms with Crippen molar-refractivity contribution in [2.75, 3.05) is 6.54 Å². The molecule has 144 valence electrons. The standard InChI is InChI=1S/C21H26INO3Si/c1-27(2,26)16-6-15-23-21(25)14-13-20(24)17-9-11-19(12-10-17)22-18-7-4-3-5-8-18/h3-5,7-12,26H,6,13-16H2,1-2H3/p+1. The van der Waals surface area contributed by atoms with E-state index in [9.17, 15) is 14.4 Å². The van der Waals surface area contributed by atoms with Gasteiger partial charge in [-0.25, -0.2) is 0 Å². The van der Waals surface area contributed by atoms with Crippen molar-refractivity contribution in [1.82, 2.24) is 5.32 Å². The second kappa shape index (κ2) is 10.7. The van der Waals surface area contributed by atoms with Crippen LogP contribution in [0.4, 0.5) is 0 Å². The van der Waals surface area contributed by atoms with Crippen LogP contribution in [0.3, 0.4) is 0 Å². The second-order valence-electron chi connectivity index (χ2n) is 7.09. The highest BCUT2D eigenvalue weighted by atomic mass is 127. The fourth-order valence-electron chi connectivity index (χ4n) is 2.51. The van der Waals surface area contributed by atoms with E-state index in [4.69, 9.17) is 0 Å². The van der Waals surface area contributed by atoms with Crippen molar-refractivity contribution in [1.29, 1.82) is 0 Å². The van der Waals surface area contributed by atoms with E-state index in [1.165, 1.54) is 7.14 Å². The number of amides is 1. The Morgan fingerprint density at radius 1 is 0.963 bits per heavy atom. The van der Waals surface area contributed by atoms with Gasteiger partial charge in [0.2, 0.25) is 5.91 Å². The molecule has 1 amide bonds. The van der Waals surface area contributed by atoms with Gasteiger partial charge in [0.25, 0.3) is 0 Å². The number of Topliss-reactive ketones (excluding diaryl/α,β-unsaturated/α-hetero) is 1. The third-order valence-electron chi connectivity index (χ3n) is 3.98. The van der Waals surface area contributed by atoms with E-state index in [0.717, 1.165) is 12.5 Å². The maximum Gasteiger partial charge on any atom is 0.357 e. The van der Waals surface area contributed by atoms with Gasteiger partial charge in [0.15, 0.2) is 21.2 Å². The molecule has 0 saturated heterocycles. The summed E-state index contributed by atoms with van der Waals surface area (Å²) in [6, 6.07) is 18.9. The largest absolute Gasteiger partial charge is 0.432 e. The van der Waals surface area contributed by atoms with Crippen molar-refractivity contribution in [3.05, 3.63) is 67.3 Å². The normalized spacial score (nSPS) is 11.2. The van der Waals surface area contributed by atoms with Gasteiger partial charge in [-0.15, -0.1) is 0 Å². The van der Waals surface area contributed by atoms with Crippen LogP contribution in [0.25, 0.3) is 0 Å². The van der Waals surface area contributed by atoms with E-state index in [1.807, 2.05) is 55.6 Å². The molecule has 27 heavy (non-hydrogen) atoms. The number of rotatable bonds is 10. The molecule has 0 aliphatic carbocycles. The van der Waals surface area contributed by atoms with Crippen molar-refractivity contribution in [2.45, 2.75) is 38.4 Å². The van der Waals surface area contributed by atoms with Gasteiger partial charge in [0.1, 0.15) is 0 Å². The topological polar surface area (TPSA) is 66.4 Å². The van der Waals surface area contributed by atoms with Gasteiger partial charge in [0, 0.05) is 24.9 Å². The highest BCUT2D eigenvalue weighted by Gasteiger charge is 2.17. The van der Waals surface area contributed by atoms with E-state index >= 15 is 0 Å². The lowest BCUT2D eigenvalue weighted by Crippen LogP contribution is -3.61. The van der Waals surface area contributed by atoms with Gasteiger partial charge >= 0.3 is 21.2 Å². The highest BCUT2D eigenvalue weighted by Crippen LogP contribution is 2.07. The van der Waals surface area contributed by atoms with Crippen molar-refractivity contribution in [3.63, 3.8) is 0 Å². The lowest BCUT2D eigenvalue weighted by Gasteiger charge is -2.13. The summed E-state index contributed by atoms with van der Waals surface area (Å²) in [7, 11) is -2.04. The first-order chi connectivity index (χ1) is 12.8. The number of halogens is 1. The Bertz CT molecular complexity index is 742. The lowest BCUT2D eigenvalue weighted by molar-refractivity contribution is -0.597. The van der Waals surface area contributed by atoms with Crippen LogP contribution in [0.1, 0.15) is 29.6 Å². The molecule has 2 aromatic carbocycles. The molecule has 0 heterocycles. The highest BCUT2D eigenvalue weighted by molar-refractivity contribution is 6.69. The Morgan fingerprint density at radius 2 is 1.59 bits per heavy atom. The molecule has 0 radical (unpaired) electrons. The van der Waals surface area contributed by atoms with Crippen LogP contribution in [0, 0.1) is 7.14 Å². The van der Waals surface area contributed by atoms with Crippen molar-refractivity contribution in [3.8, 4) is 0 Å². The Kier molecular flexibility index (Phi) is 8.65. The molecule has 4 nitrogen and oxygen atoms in total. The molecule has 0 aliphatic heterocycles. The Labute approximate surface area is 172 Å². The number of hydrogen-bond acceptors (Lipinski definition) is 3. The fourth-order valence-corrected chi connectivity index (χ4v) is 5.77. The fraction of sp³-hybridized carbons (Fsp3) is 0.333.